The van der Waals surface area contributed by atoms with Gasteiger partial charge in [-0.25, -0.2) is 4.39 Å². The summed E-state index contributed by atoms with van der Waals surface area (Å²) in [6.45, 7) is 5.93. The highest BCUT2D eigenvalue weighted by atomic mass is 79.9. The molecule has 2 N–H and O–H groups in total. The van der Waals surface area contributed by atoms with Crippen molar-refractivity contribution in [3.63, 3.8) is 0 Å². The maximum absolute atomic E-state index is 14.1. The zero-order valence-corrected chi connectivity index (χ0v) is 13.5. The third kappa shape index (κ3) is 2.94. The van der Waals surface area contributed by atoms with Gasteiger partial charge in [0, 0.05) is 25.2 Å². The fourth-order valence-electron chi connectivity index (χ4n) is 2.69. The standard InChI is InChI=1S/C14H17BrFN5/c1-8-6-21(7-9(2)17-8)14-18-13(19-20-14)10-4-3-5-11(15)12(10)16/h3-5,8-9,17H,6-7H2,1-2H3,(H,18,19,20). The number of halogens is 2. The summed E-state index contributed by atoms with van der Waals surface area (Å²) in [5, 5.41) is 10.5. The fraction of sp³-hybridized carbons (Fsp3) is 0.429. The van der Waals surface area contributed by atoms with Crippen LogP contribution in [0, 0.1) is 5.82 Å². The minimum atomic E-state index is -0.331. The lowest BCUT2D eigenvalue weighted by atomic mass is 10.1. The summed E-state index contributed by atoms with van der Waals surface area (Å²) in [6, 6.07) is 5.87. The van der Waals surface area contributed by atoms with Crippen LogP contribution in [-0.4, -0.2) is 40.4 Å². The predicted molar refractivity (Wildman–Crippen MR) is 83.7 cm³/mol. The Morgan fingerprint density at radius 2 is 2.00 bits per heavy atom. The second-order valence-electron chi connectivity index (χ2n) is 5.46. The topological polar surface area (TPSA) is 56.8 Å². The Bertz CT molecular complexity index is 634. The van der Waals surface area contributed by atoms with E-state index in [1.807, 2.05) is 0 Å². The SMILES string of the molecule is CC1CN(c2n[nH]c(-c3cccc(Br)c3F)n2)CC(C)N1. The van der Waals surface area contributed by atoms with E-state index in [2.05, 4.69) is 55.2 Å². The summed E-state index contributed by atoms with van der Waals surface area (Å²) in [5.74, 6) is 0.731. The van der Waals surface area contributed by atoms with Gasteiger partial charge in [0.15, 0.2) is 5.82 Å². The maximum Gasteiger partial charge on any atom is 0.245 e. The molecule has 5 nitrogen and oxygen atoms in total. The highest BCUT2D eigenvalue weighted by Crippen LogP contribution is 2.26. The number of benzene rings is 1. The lowest BCUT2D eigenvalue weighted by Gasteiger charge is -2.35. The molecule has 1 aliphatic heterocycles. The quantitative estimate of drug-likeness (QED) is 0.871. The van der Waals surface area contributed by atoms with Crippen LogP contribution in [-0.2, 0) is 0 Å². The number of hydrogen-bond acceptors (Lipinski definition) is 4. The Hall–Kier alpha value is -1.47. The number of aromatic nitrogens is 3. The summed E-state index contributed by atoms with van der Waals surface area (Å²) >= 11 is 3.19. The fourth-order valence-corrected chi connectivity index (χ4v) is 3.06. The molecule has 2 aromatic rings. The molecule has 2 unspecified atom stereocenters. The highest BCUT2D eigenvalue weighted by molar-refractivity contribution is 9.10. The van der Waals surface area contributed by atoms with Gasteiger partial charge in [-0.05, 0) is 41.9 Å². The number of rotatable bonds is 2. The molecule has 1 saturated heterocycles. The van der Waals surface area contributed by atoms with Gasteiger partial charge in [-0.3, -0.25) is 5.10 Å². The smallest absolute Gasteiger partial charge is 0.245 e. The van der Waals surface area contributed by atoms with Crippen molar-refractivity contribution in [3.05, 3.63) is 28.5 Å². The third-order valence-corrected chi connectivity index (χ3v) is 4.13. The minimum Gasteiger partial charge on any atom is -0.336 e. The molecule has 21 heavy (non-hydrogen) atoms. The number of nitrogens with one attached hydrogen (secondary N) is 2. The van der Waals surface area contributed by atoms with Gasteiger partial charge in [-0.2, -0.15) is 4.98 Å². The van der Waals surface area contributed by atoms with Crippen LogP contribution >= 0.6 is 15.9 Å². The molecule has 1 aromatic carbocycles. The van der Waals surface area contributed by atoms with E-state index < -0.39 is 0 Å². The van der Waals surface area contributed by atoms with Crippen LogP contribution in [0.5, 0.6) is 0 Å². The van der Waals surface area contributed by atoms with Gasteiger partial charge >= 0.3 is 0 Å². The van der Waals surface area contributed by atoms with E-state index in [0.717, 1.165) is 13.1 Å². The van der Waals surface area contributed by atoms with Crippen molar-refractivity contribution in [1.82, 2.24) is 20.5 Å². The van der Waals surface area contributed by atoms with Crippen molar-refractivity contribution < 1.29 is 4.39 Å². The van der Waals surface area contributed by atoms with Crippen LogP contribution < -0.4 is 10.2 Å². The number of nitrogens with zero attached hydrogens (tertiary/aromatic N) is 3. The van der Waals surface area contributed by atoms with Gasteiger partial charge in [0.1, 0.15) is 5.82 Å². The largest absolute Gasteiger partial charge is 0.336 e. The summed E-state index contributed by atoms with van der Waals surface area (Å²) in [4.78, 5) is 6.56. The molecule has 2 atom stereocenters. The minimum absolute atomic E-state index is 0.331. The van der Waals surface area contributed by atoms with Crippen LogP contribution in [0.15, 0.2) is 22.7 Å². The first-order valence-electron chi connectivity index (χ1n) is 6.92. The maximum atomic E-state index is 14.1. The van der Waals surface area contributed by atoms with Crippen LogP contribution in [0.4, 0.5) is 10.3 Å². The van der Waals surface area contributed by atoms with Crippen molar-refractivity contribution in [2.45, 2.75) is 25.9 Å². The van der Waals surface area contributed by atoms with Gasteiger partial charge in [-0.15, -0.1) is 5.10 Å². The highest BCUT2D eigenvalue weighted by Gasteiger charge is 2.24. The summed E-state index contributed by atoms with van der Waals surface area (Å²) in [6.07, 6.45) is 0. The van der Waals surface area contributed by atoms with E-state index in [4.69, 9.17) is 0 Å². The van der Waals surface area contributed by atoms with Gasteiger partial charge < -0.3 is 10.2 Å². The molecule has 0 spiro atoms. The molecule has 0 bridgehead atoms. The molecule has 1 aromatic heterocycles. The van der Waals surface area contributed by atoms with Crippen LogP contribution in [0.25, 0.3) is 11.4 Å². The molecule has 112 valence electrons. The number of aromatic amines is 1. The average molecular weight is 354 g/mol. The first-order chi connectivity index (χ1) is 10.0. The van der Waals surface area contributed by atoms with Crippen molar-refractivity contribution in [2.75, 3.05) is 18.0 Å². The summed E-state index contributed by atoms with van der Waals surface area (Å²) < 4.78 is 14.5. The molecule has 1 fully saturated rings. The van der Waals surface area contributed by atoms with Crippen LogP contribution in [0.1, 0.15) is 13.8 Å². The Morgan fingerprint density at radius 1 is 1.29 bits per heavy atom. The molecule has 0 saturated carbocycles. The number of hydrogen-bond donors (Lipinski definition) is 2. The molecule has 3 rings (SSSR count). The zero-order chi connectivity index (χ0) is 15.0. The van der Waals surface area contributed by atoms with Gasteiger partial charge in [-0.1, -0.05) is 6.07 Å². The van der Waals surface area contributed by atoms with E-state index in [9.17, 15) is 4.39 Å². The molecule has 0 aliphatic carbocycles. The second-order valence-corrected chi connectivity index (χ2v) is 6.31. The van der Waals surface area contributed by atoms with E-state index in [1.165, 1.54) is 0 Å². The van der Waals surface area contributed by atoms with Gasteiger partial charge in [0.2, 0.25) is 5.95 Å². The number of piperazine rings is 1. The molecule has 2 heterocycles. The van der Waals surface area contributed by atoms with Gasteiger partial charge in [0.05, 0.1) is 10.0 Å². The molecule has 7 heteroatoms. The number of H-pyrrole nitrogens is 1. The Morgan fingerprint density at radius 3 is 2.71 bits per heavy atom. The lowest BCUT2D eigenvalue weighted by molar-refractivity contribution is 0.403. The number of anilines is 1. The third-order valence-electron chi connectivity index (χ3n) is 3.52. The van der Waals surface area contributed by atoms with Crippen molar-refractivity contribution >= 4 is 21.9 Å². The lowest BCUT2D eigenvalue weighted by Crippen LogP contribution is -2.54. The van der Waals surface area contributed by atoms with Crippen molar-refractivity contribution in [2.24, 2.45) is 0 Å². The monoisotopic (exact) mass is 353 g/mol. The molecule has 0 radical (unpaired) electrons. The Kier molecular flexibility index (Phi) is 3.95. The first kappa shape index (κ1) is 14.5. The van der Waals surface area contributed by atoms with Crippen LogP contribution in [0.2, 0.25) is 0 Å². The van der Waals surface area contributed by atoms with E-state index >= 15 is 0 Å². The first-order valence-corrected chi connectivity index (χ1v) is 7.71. The molecular weight excluding hydrogens is 337 g/mol. The van der Waals surface area contributed by atoms with E-state index in [-0.39, 0.29) is 5.82 Å². The van der Waals surface area contributed by atoms with Crippen molar-refractivity contribution in [3.8, 4) is 11.4 Å². The normalized spacial score (nSPS) is 22.6. The zero-order valence-electron chi connectivity index (χ0n) is 11.9. The summed E-state index contributed by atoms with van der Waals surface area (Å²) in [5.41, 5.74) is 0.416. The Balaban J connectivity index is 1.88. The van der Waals surface area contributed by atoms with E-state index in [1.54, 1.807) is 18.2 Å². The van der Waals surface area contributed by atoms with Crippen LogP contribution in [0.3, 0.4) is 0 Å². The molecule has 0 amide bonds. The molecular formula is C14H17BrFN5. The predicted octanol–water partition coefficient (Wildman–Crippen LogP) is 2.56. The van der Waals surface area contributed by atoms with Crippen molar-refractivity contribution in [1.29, 1.82) is 0 Å². The van der Waals surface area contributed by atoms with Gasteiger partial charge in [0.25, 0.3) is 0 Å². The molecule has 1 aliphatic rings. The van der Waals surface area contributed by atoms with E-state index in [0.29, 0.717) is 33.9 Å². The second kappa shape index (κ2) is 5.73. The Labute approximate surface area is 131 Å². The average Bonchev–Trinajstić information content (AvgIpc) is 2.90. The summed E-state index contributed by atoms with van der Waals surface area (Å²) in [7, 11) is 0.